The van der Waals surface area contributed by atoms with Crippen molar-refractivity contribution in [2.75, 3.05) is 6.54 Å². The monoisotopic (exact) mass is 219 g/mol. The van der Waals surface area contributed by atoms with Crippen LogP contribution in [0.3, 0.4) is 0 Å². The van der Waals surface area contributed by atoms with E-state index in [0.29, 0.717) is 12.0 Å². The summed E-state index contributed by atoms with van der Waals surface area (Å²) in [6.07, 6.45) is 2.50. The second-order valence-electron chi connectivity index (χ2n) is 4.65. The van der Waals surface area contributed by atoms with Crippen LogP contribution in [0.15, 0.2) is 24.3 Å². The summed E-state index contributed by atoms with van der Waals surface area (Å²) in [6, 6.07) is 9.55. The molecule has 1 N–H and O–H groups in total. The molecule has 0 amide bonds. The first kappa shape index (κ1) is 13.2. The minimum atomic E-state index is 0.598. The van der Waals surface area contributed by atoms with Crippen LogP contribution in [0.4, 0.5) is 0 Å². The average Bonchev–Trinajstić information content (AvgIpc) is 2.29. The zero-order chi connectivity index (χ0) is 12.0. The Morgan fingerprint density at radius 1 is 1.12 bits per heavy atom. The highest BCUT2D eigenvalue weighted by Crippen LogP contribution is 2.22. The molecule has 0 saturated carbocycles. The highest BCUT2D eigenvalue weighted by molar-refractivity contribution is 5.25. The van der Waals surface area contributed by atoms with E-state index >= 15 is 0 Å². The molecule has 2 atom stereocenters. The highest BCUT2D eigenvalue weighted by Gasteiger charge is 2.16. The van der Waals surface area contributed by atoms with Crippen LogP contribution in [0.25, 0.3) is 0 Å². The third-order valence-corrected chi connectivity index (χ3v) is 3.27. The van der Waals surface area contributed by atoms with E-state index in [9.17, 15) is 0 Å². The minimum absolute atomic E-state index is 0.598. The van der Waals surface area contributed by atoms with E-state index in [1.54, 1.807) is 0 Å². The fraction of sp³-hybridized carbons (Fsp3) is 0.600. The van der Waals surface area contributed by atoms with Gasteiger partial charge in [-0.05, 0) is 31.4 Å². The molecule has 1 nitrogen and oxygen atoms in total. The van der Waals surface area contributed by atoms with Crippen LogP contribution in [-0.2, 0) is 0 Å². The summed E-state index contributed by atoms with van der Waals surface area (Å²) in [4.78, 5) is 0. The molecular weight excluding hydrogens is 194 g/mol. The highest BCUT2D eigenvalue weighted by atomic mass is 14.9. The zero-order valence-electron chi connectivity index (χ0n) is 11.1. The summed E-state index contributed by atoms with van der Waals surface area (Å²) in [5, 5.41) is 3.60. The fourth-order valence-corrected chi connectivity index (χ4v) is 2.20. The van der Waals surface area contributed by atoms with Crippen molar-refractivity contribution in [1.82, 2.24) is 5.32 Å². The third kappa shape index (κ3) is 3.64. The molecular formula is C15H25N. The van der Waals surface area contributed by atoms with Gasteiger partial charge in [0.2, 0.25) is 0 Å². The van der Waals surface area contributed by atoms with E-state index < -0.39 is 0 Å². The standard InChI is InChI=1S/C15H25N/c1-5-7-15(16-6-2)13(4)14-10-8-12(3)9-11-14/h8-11,13,15-16H,5-7H2,1-4H3. The summed E-state index contributed by atoms with van der Waals surface area (Å²) < 4.78 is 0. The number of likely N-dealkylation sites (N-methyl/N-ethyl adjacent to an activating group) is 1. The summed E-state index contributed by atoms with van der Waals surface area (Å²) in [7, 11) is 0. The Balaban J connectivity index is 2.72. The van der Waals surface area contributed by atoms with Crippen molar-refractivity contribution in [1.29, 1.82) is 0 Å². The molecule has 0 fully saturated rings. The molecule has 0 aliphatic rings. The lowest BCUT2D eigenvalue weighted by Crippen LogP contribution is -2.33. The Hall–Kier alpha value is -0.820. The maximum Gasteiger partial charge on any atom is 0.0133 e. The number of benzene rings is 1. The largest absolute Gasteiger partial charge is 0.314 e. The van der Waals surface area contributed by atoms with Crippen molar-refractivity contribution in [2.45, 2.75) is 52.5 Å². The first-order valence-corrected chi connectivity index (χ1v) is 6.49. The van der Waals surface area contributed by atoms with E-state index in [1.807, 2.05) is 0 Å². The van der Waals surface area contributed by atoms with Crippen molar-refractivity contribution >= 4 is 0 Å². The number of nitrogens with one attached hydrogen (secondary N) is 1. The zero-order valence-corrected chi connectivity index (χ0v) is 11.1. The van der Waals surface area contributed by atoms with E-state index in [2.05, 4.69) is 57.3 Å². The molecule has 0 aromatic heterocycles. The van der Waals surface area contributed by atoms with Crippen LogP contribution in [0.2, 0.25) is 0 Å². The van der Waals surface area contributed by atoms with Crippen LogP contribution in [0.5, 0.6) is 0 Å². The number of rotatable bonds is 6. The molecule has 1 aromatic carbocycles. The van der Waals surface area contributed by atoms with Crippen molar-refractivity contribution in [3.8, 4) is 0 Å². The predicted molar refractivity (Wildman–Crippen MR) is 72.0 cm³/mol. The third-order valence-electron chi connectivity index (χ3n) is 3.27. The molecule has 16 heavy (non-hydrogen) atoms. The van der Waals surface area contributed by atoms with Gasteiger partial charge in [0.15, 0.2) is 0 Å². The van der Waals surface area contributed by atoms with Gasteiger partial charge in [-0.25, -0.2) is 0 Å². The lowest BCUT2D eigenvalue weighted by molar-refractivity contribution is 0.430. The van der Waals surface area contributed by atoms with E-state index in [1.165, 1.54) is 24.0 Å². The van der Waals surface area contributed by atoms with Crippen LogP contribution >= 0.6 is 0 Å². The lowest BCUT2D eigenvalue weighted by Gasteiger charge is -2.25. The Kier molecular flexibility index (Phi) is 5.54. The molecule has 0 aliphatic heterocycles. The van der Waals surface area contributed by atoms with Gasteiger partial charge in [0.25, 0.3) is 0 Å². The molecule has 0 heterocycles. The fourth-order valence-electron chi connectivity index (χ4n) is 2.20. The molecule has 0 aliphatic carbocycles. The van der Waals surface area contributed by atoms with Crippen molar-refractivity contribution in [3.63, 3.8) is 0 Å². The van der Waals surface area contributed by atoms with E-state index in [-0.39, 0.29) is 0 Å². The second kappa shape index (κ2) is 6.70. The first-order chi connectivity index (χ1) is 7.69. The van der Waals surface area contributed by atoms with Gasteiger partial charge >= 0.3 is 0 Å². The Labute approximate surface area is 100 Å². The van der Waals surface area contributed by atoms with Gasteiger partial charge in [-0.2, -0.15) is 0 Å². The molecule has 1 rings (SSSR count). The SMILES string of the molecule is CCCC(NCC)C(C)c1ccc(C)cc1. The average molecular weight is 219 g/mol. The van der Waals surface area contributed by atoms with E-state index in [0.717, 1.165) is 6.54 Å². The molecule has 0 spiro atoms. The summed E-state index contributed by atoms with van der Waals surface area (Å²) in [5.74, 6) is 0.598. The molecule has 0 radical (unpaired) electrons. The second-order valence-corrected chi connectivity index (χ2v) is 4.65. The van der Waals surface area contributed by atoms with E-state index in [4.69, 9.17) is 0 Å². The number of hydrogen-bond acceptors (Lipinski definition) is 1. The number of hydrogen-bond donors (Lipinski definition) is 1. The topological polar surface area (TPSA) is 12.0 Å². The summed E-state index contributed by atoms with van der Waals surface area (Å²) in [5.41, 5.74) is 2.79. The van der Waals surface area contributed by atoms with Crippen LogP contribution in [-0.4, -0.2) is 12.6 Å². The normalized spacial score (nSPS) is 14.8. The Morgan fingerprint density at radius 2 is 1.75 bits per heavy atom. The van der Waals surface area contributed by atoms with Gasteiger partial charge in [0.1, 0.15) is 0 Å². The van der Waals surface area contributed by atoms with Crippen LogP contribution in [0, 0.1) is 6.92 Å². The molecule has 0 saturated heterocycles. The molecule has 2 unspecified atom stereocenters. The summed E-state index contributed by atoms with van der Waals surface area (Å²) >= 11 is 0. The van der Waals surface area contributed by atoms with Gasteiger partial charge in [-0.3, -0.25) is 0 Å². The Morgan fingerprint density at radius 3 is 2.25 bits per heavy atom. The van der Waals surface area contributed by atoms with Crippen molar-refractivity contribution in [2.24, 2.45) is 0 Å². The first-order valence-electron chi connectivity index (χ1n) is 6.49. The summed E-state index contributed by atoms with van der Waals surface area (Å²) in [6.45, 7) is 9.97. The lowest BCUT2D eigenvalue weighted by atomic mass is 9.90. The van der Waals surface area contributed by atoms with Crippen molar-refractivity contribution in [3.05, 3.63) is 35.4 Å². The minimum Gasteiger partial charge on any atom is -0.314 e. The number of aryl methyl sites for hydroxylation is 1. The van der Waals surface area contributed by atoms with Crippen LogP contribution in [0.1, 0.15) is 50.7 Å². The Bertz CT molecular complexity index is 283. The van der Waals surface area contributed by atoms with Crippen molar-refractivity contribution < 1.29 is 0 Å². The predicted octanol–water partition coefficient (Wildman–Crippen LogP) is 3.88. The van der Waals surface area contributed by atoms with Gasteiger partial charge in [0, 0.05) is 6.04 Å². The molecule has 0 bridgehead atoms. The van der Waals surface area contributed by atoms with Gasteiger partial charge in [0.05, 0.1) is 0 Å². The van der Waals surface area contributed by atoms with Gasteiger partial charge < -0.3 is 5.32 Å². The maximum atomic E-state index is 3.60. The van der Waals surface area contributed by atoms with Gasteiger partial charge in [-0.1, -0.05) is 57.0 Å². The van der Waals surface area contributed by atoms with Crippen LogP contribution < -0.4 is 5.32 Å². The maximum absolute atomic E-state index is 3.60. The van der Waals surface area contributed by atoms with Gasteiger partial charge in [-0.15, -0.1) is 0 Å². The molecule has 1 aromatic rings. The quantitative estimate of drug-likeness (QED) is 0.765. The molecule has 90 valence electrons. The smallest absolute Gasteiger partial charge is 0.0133 e. The molecule has 1 heteroatoms.